The number of hydrogen-bond donors (Lipinski definition) is 1. The summed E-state index contributed by atoms with van der Waals surface area (Å²) < 4.78 is 24.0. The smallest absolute Gasteiger partial charge is 0.180 e. The number of rotatable bonds is 4. The van der Waals surface area contributed by atoms with Crippen LogP contribution in [0, 0.1) is 6.92 Å². The van der Waals surface area contributed by atoms with Gasteiger partial charge in [-0.15, -0.1) is 0 Å². The number of anilines is 1. The van der Waals surface area contributed by atoms with Gasteiger partial charge in [-0.05, 0) is 25.3 Å². The first-order valence-electron chi connectivity index (χ1n) is 8.32. The van der Waals surface area contributed by atoms with Crippen LogP contribution in [0.4, 0.5) is 5.82 Å². The molecule has 0 radical (unpaired) electrons. The van der Waals surface area contributed by atoms with E-state index in [4.69, 9.17) is 0 Å². The van der Waals surface area contributed by atoms with Crippen molar-refractivity contribution in [2.24, 2.45) is 0 Å². The van der Waals surface area contributed by atoms with E-state index < -0.39 is 15.4 Å². The molecule has 0 spiro atoms. The molecule has 1 saturated heterocycles. The number of sulfone groups is 1. The highest BCUT2D eigenvalue weighted by molar-refractivity contribution is 7.90. The lowest BCUT2D eigenvalue weighted by molar-refractivity contribution is 0.0163. The van der Waals surface area contributed by atoms with Crippen LogP contribution in [0.2, 0.25) is 0 Å². The Bertz CT molecular complexity index is 845. The van der Waals surface area contributed by atoms with Crippen molar-refractivity contribution in [3.63, 3.8) is 0 Å². The van der Waals surface area contributed by atoms with Crippen molar-refractivity contribution in [1.29, 1.82) is 0 Å². The van der Waals surface area contributed by atoms with Crippen LogP contribution in [0.25, 0.3) is 0 Å². The maximum absolute atomic E-state index is 12.0. The van der Waals surface area contributed by atoms with Gasteiger partial charge < -0.3 is 10.0 Å². The van der Waals surface area contributed by atoms with Crippen molar-refractivity contribution in [1.82, 2.24) is 9.97 Å². The predicted molar refractivity (Wildman–Crippen MR) is 96.4 cm³/mol. The normalized spacial score (nSPS) is 17.5. The molecule has 1 aromatic carbocycles. The van der Waals surface area contributed by atoms with Crippen molar-refractivity contribution in [2.45, 2.75) is 36.7 Å². The molecule has 2 heterocycles. The summed E-state index contributed by atoms with van der Waals surface area (Å²) in [4.78, 5) is 10.4. The van der Waals surface area contributed by atoms with Crippen LogP contribution < -0.4 is 4.90 Å². The number of aliphatic hydroxyl groups is 1. The lowest BCUT2D eigenvalue weighted by Crippen LogP contribution is -2.46. The summed E-state index contributed by atoms with van der Waals surface area (Å²) >= 11 is 0. The maximum Gasteiger partial charge on any atom is 0.180 e. The fraction of sp³-hybridized carbons (Fsp3) is 0.444. The highest BCUT2D eigenvalue weighted by Crippen LogP contribution is 2.31. The number of benzene rings is 1. The van der Waals surface area contributed by atoms with Gasteiger partial charge in [0.25, 0.3) is 0 Å². The molecule has 1 aromatic heterocycles. The van der Waals surface area contributed by atoms with Crippen LogP contribution in [-0.4, -0.2) is 48.4 Å². The van der Waals surface area contributed by atoms with Crippen LogP contribution >= 0.6 is 0 Å². The SMILES string of the molecule is Cc1ncc(S(C)(=O)=O)c(N2CCC(O)(Cc3ccccc3)CC2)n1. The van der Waals surface area contributed by atoms with Gasteiger partial charge in [-0.2, -0.15) is 0 Å². The van der Waals surface area contributed by atoms with Crippen molar-refractivity contribution in [2.75, 3.05) is 24.2 Å². The zero-order valence-corrected chi connectivity index (χ0v) is 15.3. The van der Waals surface area contributed by atoms with Crippen LogP contribution in [0.5, 0.6) is 0 Å². The van der Waals surface area contributed by atoms with E-state index in [0.29, 0.717) is 44.0 Å². The van der Waals surface area contributed by atoms with Gasteiger partial charge in [0.1, 0.15) is 10.7 Å². The van der Waals surface area contributed by atoms with E-state index in [-0.39, 0.29) is 4.90 Å². The van der Waals surface area contributed by atoms with Gasteiger partial charge in [-0.25, -0.2) is 18.4 Å². The second-order valence-corrected chi connectivity index (χ2v) is 8.74. The summed E-state index contributed by atoms with van der Waals surface area (Å²) in [6.45, 7) is 2.86. The fourth-order valence-corrected chi connectivity index (χ4v) is 3.97. The largest absolute Gasteiger partial charge is 0.389 e. The molecule has 25 heavy (non-hydrogen) atoms. The van der Waals surface area contributed by atoms with E-state index in [0.717, 1.165) is 5.56 Å². The molecule has 1 aliphatic heterocycles. The van der Waals surface area contributed by atoms with Gasteiger partial charge in [-0.1, -0.05) is 30.3 Å². The molecule has 6 nitrogen and oxygen atoms in total. The molecule has 7 heteroatoms. The van der Waals surface area contributed by atoms with E-state index in [1.165, 1.54) is 12.5 Å². The Morgan fingerprint density at radius 3 is 2.44 bits per heavy atom. The van der Waals surface area contributed by atoms with E-state index in [1.807, 2.05) is 35.2 Å². The van der Waals surface area contributed by atoms with Gasteiger partial charge in [0.2, 0.25) is 0 Å². The van der Waals surface area contributed by atoms with Gasteiger partial charge >= 0.3 is 0 Å². The molecular formula is C18H23N3O3S. The molecule has 3 rings (SSSR count). The summed E-state index contributed by atoms with van der Waals surface area (Å²) in [5.41, 5.74) is 0.332. The zero-order chi connectivity index (χ0) is 18.1. The molecule has 0 amide bonds. The van der Waals surface area contributed by atoms with Crippen LogP contribution in [0.15, 0.2) is 41.4 Å². The number of nitrogens with zero attached hydrogens (tertiary/aromatic N) is 3. The molecule has 1 aliphatic rings. The van der Waals surface area contributed by atoms with E-state index in [2.05, 4.69) is 9.97 Å². The summed E-state index contributed by atoms with van der Waals surface area (Å²) in [5, 5.41) is 10.9. The Morgan fingerprint density at radius 1 is 1.20 bits per heavy atom. The van der Waals surface area contributed by atoms with Crippen molar-refractivity contribution in [3.05, 3.63) is 47.9 Å². The predicted octanol–water partition coefficient (Wildman–Crippen LogP) is 1.76. The third-order valence-electron chi connectivity index (χ3n) is 4.63. The topological polar surface area (TPSA) is 83.4 Å². The first-order valence-corrected chi connectivity index (χ1v) is 10.2. The molecule has 0 unspecified atom stereocenters. The zero-order valence-electron chi connectivity index (χ0n) is 14.5. The third-order valence-corrected chi connectivity index (χ3v) is 5.71. The Morgan fingerprint density at radius 2 is 1.84 bits per heavy atom. The fourth-order valence-electron chi connectivity index (χ4n) is 3.22. The molecule has 1 N–H and O–H groups in total. The molecule has 0 aliphatic carbocycles. The minimum absolute atomic E-state index is 0.145. The number of piperidine rings is 1. The minimum Gasteiger partial charge on any atom is -0.389 e. The number of aryl methyl sites for hydroxylation is 1. The monoisotopic (exact) mass is 361 g/mol. The van der Waals surface area contributed by atoms with E-state index in [1.54, 1.807) is 6.92 Å². The molecule has 1 fully saturated rings. The average Bonchev–Trinajstić information content (AvgIpc) is 2.55. The van der Waals surface area contributed by atoms with Crippen LogP contribution in [0.3, 0.4) is 0 Å². The molecule has 2 aromatic rings. The summed E-state index contributed by atoms with van der Waals surface area (Å²) in [5.74, 6) is 0.976. The second-order valence-electron chi connectivity index (χ2n) is 6.75. The third kappa shape index (κ3) is 4.16. The molecule has 134 valence electrons. The van der Waals surface area contributed by atoms with Gasteiger partial charge in [0.15, 0.2) is 15.7 Å². The van der Waals surface area contributed by atoms with Crippen LogP contribution in [0.1, 0.15) is 24.2 Å². The first-order chi connectivity index (χ1) is 11.8. The minimum atomic E-state index is -3.41. The van der Waals surface area contributed by atoms with Crippen molar-refractivity contribution < 1.29 is 13.5 Å². The van der Waals surface area contributed by atoms with Gasteiger partial charge in [0.05, 0.1) is 11.8 Å². The Balaban J connectivity index is 1.78. The maximum atomic E-state index is 12.0. The van der Waals surface area contributed by atoms with Crippen LogP contribution in [-0.2, 0) is 16.3 Å². The highest BCUT2D eigenvalue weighted by atomic mass is 32.2. The molecular weight excluding hydrogens is 338 g/mol. The Hall–Kier alpha value is -1.99. The molecule has 0 atom stereocenters. The molecule has 0 saturated carbocycles. The first kappa shape index (κ1) is 17.8. The second kappa shape index (κ2) is 6.72. The highest BCUT2D eigenvalue weighted by Gasteiger charge is 2.34. The lowest BCUT2D eigenvalue weighted by Gasteiger charge is -2.39. The number of aromatic nitrogens is 2. The summed E-state index contributed by atoms with van der Waals surface area (Å²) in [6.07, 6.45) is 4.27. The van der Waals surface area contributed by atoms with Crippen molar-refractivity contribution >= 4 is 15.7 Å². The average molecular weight is 361 g/mol. The van der Waals surface area contributed by atoms with Gasteiger partial charge in [0, 0.05) is 25.8 Å². The Labute approximate surface area is 148 Å². The molecule has 0 bridgehead atoms. The summed E-state index contributed by atoms with van der Waals surface area (Å²) in [7, 11) is -3.41. The summed E-state index contributed by atoms with van der Waals surface area (Å²) in [6, 6.07) is 9.92. The van der Waals surface area contributed by atoms with Gasteiger partial charge in [-0.3, -0.25) is 0 Å². The van der Waals surface area contributed by atoms with E-state index in [9.17, 15) is 13.5 Å². The standard InChI is InChI=1S/C18H23N3O3S/c1-14-19-13-16(25(2,23)24)17(20-14)21-10-8-18(22,9-11-21)12-15-6-4-3-5-7-15/h3-7,13,22H,8-12H2,1-2H3. The Kier molecular flexibility index (Phi) is 4.79. The number of hydrogen-bond acceptors (Lipinski definition) is 6. The van der Waals surface area contributed by atoms with E-state index >= 15 is 0 Å². The lowest BCUT2D eigenvalue weighted by atomic mass is 9.85. The quantitative estimate of drug-likeness (QED) is 0.893. The van der Waals surface area contributed by atoms with Crippen molar-refractivity contribution in [3.8, 4) is 0 Å².